The fourth-order valence-electron chi connectivity index (χ4n) is 5.68. The fourth-order valence-corrected chi connectivity index (χ4v) is 6.60. The van der Waals surface area contributed by atoms with E-state index in [1.165, 1.54) is 0 Å². The number of hydrogen-bond donors (Lipinski definition) is 2. The van der Waals surface area contributed by atoms with Gasteiger partial charge in [0.25, 0.3) is 0 Å². The molecule has 0 radical (unpaired) electrons. The van der Waals surface area contributed by atoms with Crippen molar-refractivity contribution in [2.24, 2.45) is 0 Å². The Morgan fingerprint density at radius 3 is 1.05 bits per heavy atom. The minimum absolute atomic E-state index is 0.187. The molecule has 0 unspecified atom stereocenters. The summed E-state index contributed by atoms with van der Waals surface area (Å²) in [5.41, 5.74) is 6.53. The highest BCUT2D eigenvalue weighted by Crippen LogP contribution is 2.51. The molecule has 41 heavy (non-hydrogen) atoms. The van der Waals surface area contributed by atoms with Crippen LogP contribution in [0.5, 0.6) is 11.5 Å². The molecule has 0 saturated carbocycles. The molecule has 6 aromatic carbocycles. The van der Waals surface area contributed by atoms with E-state index >= 15 is 0 Å². The maximum atomic E-state index is 11.2. The standard InChI is InChI=1S/C37H26Br2O2/c38-33-23-29(21-31(35(33)40)25-13-5-1-6-14-25)37(27-17-9-3-10-18-27,28-19-11-4-12-20-28)30-22-32(36(41)34(39)24-30)26-15-7-2-8-16-26/h1-24,40-41H. The van der Waals surface area contributed by atoms with Gasteiger partial charge in [-0.05, 0) is 89.5 Å². The third-order valence-corrected chi connectivity index (χ3v) is 8.79. The molecule has 0 fully saturated rings. The first-order valence-electron chi connectivity index (χ1n) is 13.3. The molecule has 200 valence electrons. The summed E-state index contributed by atoms with van der Waals surface area (Å²) in [4.78, 5) is 0. The summed E-state index contributed by atoms with van der Waals surface area (Å²) in [6.45, 7) is 0. The lowest BCUT2D eigenvalue weighted by Gasteiger charge is -2.38. The Bertz CT molecular complexity index is 1670. The zero-order valence-electron chi connectivity index (χ0n) is 22.0. The zero-order valence-corrected chi connectivity index (χ0v) is 25.2. The monoisotopic (exact) mass is 660 g/mol. The van der Waals surface area contributed by atoms with Gasteiger partial charge in [0, 0.05) is 11.1 Å². The van der Waals surface area contributed by atoms with Crippen molar-refractivity contribution < 1.29 is 10.2 Å². The SMILES string of the molecule is Oc1c(Br)cc(C(c2ccccc2)(c2ccccc2)c2cc(Br)c(O)c(-c3ccccc3)c2)cc1-c1ccccc1. The molecule has 0 amide bonds. The highest BCUT2D eigenvalue weighted by atomic mass is 79.9. The minimum atomic E-state index is -0.804. The molecule has 0 aliphatic rings. The van der Waals surface area contributed by atoms with E-state index in [0.29, 0.717) is 8.95 Å². The van der Waals surface area contributed by atoms with Crippen LogP contribution in [0.1, 0.15) is 22.3 Å². The van der Waals surface area contributed by atoms with Crippen molar-refractivity contribution in [2.45, 2.75) is 5.41 Å². The molecular weight excluding hydrogens is 636 g/mol. The quantitative estimate of drug-likeness (QED) is 0.174. The second-order valence-corrected chi connectivity index (χ2v) is 11.6. The van der Waals surface area contributed by atoms with E-state index in [9.17, 15) is 10.2 Å². The van der Waals surface area contributed by atoms with Gasteiger partial charge >= 0.3 is 0 Å². The predicted molar refractivity (Wildman–Crippen MR) is 174 cm³/mol. The number of rotatable bonds is 6. The Morgan fingerprint density at radius 1 is 0.390 bits per heavy atom. The largest absolute Gasteiger partial charge is 0.506 e. The lowest BCUT2D eigenvalue weighted by atomic mass is 9.64. The molecule has 6 aromatic rings. The summed E-state index contributed by atoms with van der Waals surface area (Å²) in [6, 6.07) is 48.8. The van der Waals surface area contributed by atoms with E-state index in [-0.39, 0.29) is 11.5 Å². The molecule has 0 aromatic heterocycles. The van der Waals surface area contributed by atoms with Gasteiger partial charge in [0.15, 0.2) is 0 Å². The van der Waals surface area contributed by atoms with Crippen molar-refractivity contribution >= 4 is 31.9 Å². The normalized spacial score (nSPS) is 11.4. The maximum absolute atomic E-state index is 11.2. The summed E-state index contributed by atoms with van der Waals surface area (Å²) in [6.07, 6.45) is 0. The molecule has 2 N–H and O–H groups in total. The van der Waals surface area contributed by atoms with Gasteiger partial charge in [0.1, 0.15) is 11.5 Å². The van der Waals surface area contributed by atoms with Crippen molar-refractivity contribution in [2.75, 3.05) is 0 Å². The summed E-state index contributed by atoms with van der Waals surface area (Å²) in [5, 5.41) is 22.5. The third kappa shape index (κ3) is 4.88. The van der Waals surface area contributed by atoms with Crippen LogP contribution in [-0.2, 0) is 5.41 Å². The van der Waals surface area contributed by atoms with Gasteiger partial charge in [0.05, 0.1) is 14.4 Å². The first kappa shape index (κ1) is 27.1. The Hall–Kier alpha value is -4.12. The van der Waals surface area contributed by atoms with Crippen molar-refractivity contribution in [3.8, 4) is 33.8 Å². The van der Waals surface area contributed by atoms with Gasteiger partial charge < -0.3 is 10.2 Å². The molecule has 0 atom stereocenters. The Morgan fingerprint density at radius 2 is 0.707 bits per heavy atom. The number of benzene rings is 6. The lowest BCUT2D eigenvalue weighted by molar-refractivity contribution is 0.473. The van der Waals surface area contributed by atoms with Gasteiger partial charge in [-0.1, -0.05) is 121 Å². The van der Waals surface area contributed by atoms with Crippen LogP contribution < -0.4 is 0 Å². The van der Waals surface area contributed by atoms with Crippen LogP contribution >= 0.6 is 31.9 Å². The van der Waals surface area contributed by atoms with Crippen LogP contribution in [0.3, 0.4) is 0 Å². The van der Waals surface area contributed by atoms with E-state index in [2.05, 4.69) is 68.3 Å². The maximum Gasteiger partial charge on any atom is 0.137 e. The molecule has 6 rings (SSSR count). The van der Waals surface area contributed by atoms with Crippen LogP contribution in [0.2, 0.25) is 0 Å². The van der Waals surface area contributed by atoms with E-state index in [1.807, 2.05) is 109 Å². The van der Waals surface area contributed by atoms with E-state index in [0.717, 1.165) is 44.5 Å². The van der Waals surface area contributed by atoms with Gasteiger partial charge in [-0.25, -0.2) is 0 Å². The molecule has 0 saturated heterocycles. The van der Waals surface area contributed by atoms with Crippen molar-refractivity contribution in [3.63, 3.8) is 0 Å². The number of halogens is 2. The van der Waals surface area contributed by atoms with E-state index in [1.54, 1.807) is 0 Å². The van der Waals surface area contributed by atoms with Crippen molar-refractivity contribution in [1.29, 1.82) is 0 Å². The van der Waals surface area contributed by atoms with Gasteiger partial charge in [-0.3, -0.25) is 0 Å². The Balaban J connectivity index is 1.77. The van der Waals surface area contributed by atoms with E-state index < -0.39 is 5.41 Å². The zero-order chi connectivity index (χ0) is 28.4. The highest BCUT2D eigenvalue weighted by Gasteiger charge is 2.40. The summed E-state index contributed by atoms with van der Waals surface area (Å²) in [5.74, 6) is 0.374. The molecule has 0 aliphatic carbocycles. The topological polar surface area (TPSA) is 40.5 Å². The van der Waals surface area contributed by atoms with Crippen LogP contribution in [-0.4, -0.2) is 10.2 Å². The van der Waals surface area contributed by atoms with Gasteiger partial charge in [0.2, 0.25) is 0 Å². The van der Waals surface area contributed by atoms with Crippen LogP contribution in [0.15, 0.2) is 155 Å². The number of hydrogen-bond acceptors (Lipinski definition) is 2. The molecule has 0 spiro atoms. The summed E-state index contributed by atoms with van der Waals surface area (Å²) < 4.78 is 1.21. The summed E-state index contributed by atoms with van der Waals surface area (Å²) in [7, 11) is 0. The van der Waals surface area contributed by atoms with Crippen molar-refractivity contribution in [3.05, 3.63) is 177 Å². The molecule has 0 bridgehead atoms. The Labute approximate surface area is 256 Å². The lowest BCUT2D eigenvalue weighted by Crippen LogP contribution is -2.31. The van der Waals surface area contributed by atoms with Gasteiger partial charge in [-0.2, -0.15) is 0 Å². The highest BCUT2D eigenvalue weighted by molar-refractivity contribution is 9.11. The summed E-state index contributed by atoms with van der Waals surface area (Å²) >= 11 is 7.36. The number of phenolic OH excluding ortho intramolecular Hbond substituents is 2. The number of phenols is 2. The van der Waals surface area contributed by atoms with Crippen LogP contribution in [0.4, 0.5) is 0 Å². The van der Waals surface area contributed by atoms with Crippen LogP contribution in [0.25, 0.3) is 22.3 Å². The molecule has 2 nitrogen and oxygen atoms in total. The minimum Gasteiger partial charge on any atom is -0.506 e. The smallest absolute Gasteiger partial charge is 0.137 e. The van der Waals surface area contributed by atoms with Crippen LogP contribution in [0, 0.1) is 0 Å². The molecule has 4 heteroatoms. The first-order chi connectivity index (χ1) is 20.0. The first-order valence-corrected chi connectivity index (χ1v) is 14.9. The second-order valence-electron chi connectivity index (χ2n) is 9.92. The average Bonchev–Trinajstić information content (AvgIpc) is 3.02. The van der Waals surface area contributed by atoms with Crippen molar-refractivity contribution in [1.82, 2.24) is 0 Å². The predicted octanol–water partition coefficient (Wildman–Crippen LogP) is 10.3. The average molecular weight is 662 g/mol. The third-order valence-electron chi connectivity index (χ3n) is 7.58. The number of aromatic hydroxyl groups is 2. The second kappa shape index (κ2) is 11.4. The van der Waals surface area contributed by atoms with Gasteiger partial charge in [-0.15, -0.1) is 0 Å². The Kier molecular flexibility index (Phi) is 7.53. The molecule has 0 heterocycles. The fraction of sp³-hybridized carbons (Fsp3) is 0.0270. The van der Waals surface area contributed by atoms with E-state index in [4.69, 9.17) is 0 Å². The molecule has 0 aliphatic heterocycles. The molecular formula is C37H26Br2O2.